The van der Waals surface area contributed by atoms with Crippen LogP contribution in [0.1, 0.15) is 36.1 Å². The molecule has 26 heavy (non-hydrogen) atoms. The highest BCUT2D eigenvalue weighted by atomic mass is 35.5. The zero-order valence-corrected chi connectivity index (χ0v) is 17.0. The van der Waals surface area contributed by atoms with E-state index in [0.29, 0.717) is 6.04 Å². The first kappa shape index (κ1) is 21.0. The molecule has 4 rings (SSSR count). The predicted octanol–water partition coefficient (Wildman–Crippen LogP) is 5.01. The minimum absolute atomic E-state index is 0. The van der Waals surface area contributed by atoms with Gasteiger partial charge < -0.3 is 5.32 Å². The molecule has 2 aliphatic rings. The van der Waals surface area contributed by atoms with Crippen LogP contribution in [-0.4, -0.2) is 31.1 Å². The van der Waals surface area contributed by atoms with Gasteiger partial charge in [-0.15, -0.1) is 31.4 Å². The molecular formula is C22H28Cl2N2. The number of fused-ring (bicyclic) bond motifs is 3. The maximum atomic E-state index is 4.18. The van der Waals surface area contributed by atoms with Crippen molar-refractivity contribution >= 4 is 24.8 Å². The van der Waals surface area contributed by atoms with Crippen molar-refractivity contribution in [1.82, 2.24) is 10.2 Å². The third kappa shape index (κ3) is 4.15. The van der Waals surface area contributed by atoms with E-state index in [4.69, 9.17) is 0 Å². The van der Waals surface area contributed by atoms with Crippen molar-refractivity contribution < 1.29 is 0 Å². The molecule has 2 nitrogen and oxygen atoms in total. The molecule has 2 aromatic carbocycles. The van der Waals surface area contributed by atoms with Crippen molar-refractivity contribution in [2.24, 2.45) is 0 Å². The fourth-order valence-corrected chi connectivity index (χ4v) is 4.15. The van der Waals surface area contributed by atoms with E-state index in [-0.39, 0.29) is 24.8 Å². The monoisotopic (exact) mass is 390 g/mol. The second kappa shape index (κ2) is 9.05. The quantitative estimate of drug-likeness (QED) is 0.629. The smallest absolute Gasteiger partial charge is 0.0386 e. The lowest BCUT2D eigenvalue weighted by Gasteiger charge is -2.35. The normalized spacial score (nSPS) is 16.7. The summed E-state index contributed by atoms with van der Waals surface area (Å²) in [7, 11) is 0. The van der Waals surface area contributed by atoms with Crippen LogP contribution in [0.2, 0.25) is 0 Å². The van der Waals surface area contributed by atoms with E-state index >= 15 is 0 Å². The molecule has 1 heterocycles. The zero-order chi connectivity index (χ0) is 16.5. The van der Waals surface area contributed by atoms with Gasteiger partial charge in [-0.2, -0.15) is 0 Å². The molecule has 0 bridgehead atoms. The first-order valence-electron chi connectivity index (χ1n) is 9.02. The summed E-state index contributed by atoms with van der Waals surface area (Å²) in [5, 5.41) is 3.46. The summed E-state index contributed by atoms with van der Waals surface area (Å²) in [5.41, 5.74) is 8.49. The number of nitrogens with one attached hydrogen (secondary N) is 1. The van der Waals surface area contributed by atoms with Crippen molar-refractivity contribution in [1.29, 1.82) is 0 Å². The van der Waals surface area contributed by atoms with E-state index in [1.807, 2.05) is 0 Å². The van der Waals surface area contributed by atoms with Crippen LogP contribution in [0.3, 0.4) is 0 Å². The molecule has 0 saturated carbocycles. The third-order valence-electron chi connectivity index (χ3n) is 5.34. The SMILES string of the molecule is C=C(C)C[C@H](c1ccc2c(c1)Cc1ccccc1-2)N1CCNCC1.Cl.Cl. The highest BCUT2D eigenvalue weighted by Gasteiger charge is 2.25. The number of nitrogens with zero attached hydrogens (tertiary/aromatic N) is 1. The molecule has 0 aromatic heterocycles. The summed E-state index contributed by atoms with van der Waals surface area (Å²) in [6.07, 6.45) is 2.12. The Morgan fingerprint density at radius 1 is 1.04 bits per heavy atom. The Balaban J connectivity index is 0.00000121. The summed E-state index contributed by atoms with van der Waals surface area (Å²) in [4.78, 5) is 2.62. The lowest BCUT2D eigenvalue weighted by molar-refractivity contribution is 0.172. The van der Waals surface area contributed by atoms with E-state index < -0.39 is 0 Å². The Morgan fingerprint density at radius 2 is 1.73 bits per heavy atom. The molecule has 1 N–H and O–H groups in total. The van der Waals surface area contributed by atoms with E-state index in [2.05, 4.69) is 66.2 Å². The van der Waals surface area contributed by atoms with Gasteiger partial charge in [-0.1, -0.05) is 48.0 Å². The molecule has 0 radical (unpaired) electrons. The van der Waals surface area contributed by atoms with E-state index in [9.17, 15) is 0 Å². The molecule has 1 atom stereocenters. The molecule has 4 heteroatoms. The molecule has 1 fully saturated rings. The number of rotatable bonds is 4. The Kier molecular flexibility index (Phi) is 7.31. The van der Waals surface area contributed by atoms with Crippen LogP contribution in [0, 0.1) is 0 Å². The molecule has 1 aliphatic heterocycles. The third-order valence-corrected chi connectivity index (χ3v) is 5.34. The van der Waals surface area contributed by atoms with Gasteiger partial charge >= 0.3 is 0 Å². The van der Waals surface area contributed by atoms with Crippen LogP contribution < -0.4 is 5.32 Å². The van der Waals surface area contributed by atoms with Gasteiger partial charge in [0.15, 0.2) is 0 Å². The van der Waals surface area contributed by atoms with Gasteiger partial charge in [0.05, 0.1) is 0 Å². The van der Waals surface area contributed by atoms with Crippen molar-refractivity contribution in [2.45, 2.75) is 25.8 Å². The van der Waals surface area contributed by atoms with Crippen LogP contribution in [-0.2, 0) is 6.42 Å². The highest BCUT2D eigenvalue weighted by Crippen LogP contribution is 2.39. The molecule has 140 valence electrons. The average molecular weight is 391 g/mol. The predicted molar refractivity (Wildman–Crippen MR) is 116 cm³/mol. The van der Waals surface area contributed by atoms with Gasteiger partial charge in [-0.25, -0.2) is 0 Å². The van der Waals surface area contributed by atoms with E-state index in [1.165, 1.54) is 33.4 Å². The summed E-state index contributed by atoms with van der Waals surface area (Å²) in [6.45, 7) is 10.7. The molecule has 1 saturated heterocycles. The van der Waals surface area contributed by atoms with Gasteiger partial charge in [0.25, 0.3) is 0 Å². The van der Waals surface area contributed by atoms with Crippen molar-refractivity contribution in [3.05, 3.63) is 71.3 Å². The molecular weight excluding hydrogens is 363 g/mol. The average Bonchev–Trinajstić information content (AvgIpc) is 2.98. The van der Waals surface area contributed by atoms with Crippen LogP contribution in [0.15, 0.2) is 54.6 Å². The van der Waals surface area contributed by atoms with Gasteiger partial charge in [-0.3, -0.25) is 4.90 Å². The number of halogens is 2. The van der Waals surface area contributed by atoms with Crippen molar-refractivity contribution in [3.63, 3.8) is 0 Å². The Labute approximate surface area is 169 Å². The van der Waals surface area contributed by atoms with Crippen molar-refractivity contribution in [3.8, 4) is 11.1 Å². The Morgan fingerprint density at radius 3 is 2.46 bits per heavy atom. The molecule has 0 amide bonds. The highest BCUT2D eigenvalue weighted by molar-refractivity contribution is 5.85. The standard InChI is InChI=1S/C22H26N2.2ClH/c1-16(2)13-22(24-11-9-23-10-12-24)18-7-8-21-19(15-18)14-17-5-3-4-6-20(17)21;;/h3-8,15,22-23H,1,9-14H2,2H3;2*1H/t22-;;/m1../s1. The fraction of sp³-hybridized carbons (Fsp3) is 0.364. The summed E-state index contributed by atoms with van der Waals surface area (Å²) in [6, 6.07) is 16.4. The first-order valence-corrected chi connectivity index (χ1v) is 9.02. The van der Waals surface area contributed by atoms with Gasteiger partial charge in [0, 0.05) is 32.2 Å². The molecule has 2 aromatic rings. The minimum Gasteiger partial charge on any atom is -0.314 e. The van der Waals surface area contributed by atoms with Gasteiger partial charge in [0.2, 0.25) is 0 Å². The lowest BCUT2D eigenvalue weighted by atomic mass is 9.94. The van der Waals surface area contributed by atoms with E-state index in [1.54, 1.807) is 0 Å². The lowest BCUT2D eigenvalue weighted by Crippen LogP contribution is -2.45. The summed E-state index contributed by atoms with van der Waals surface area (Å²) >= 11 is 0. The van der Waals surface area contributed by atoms with E-state index in [0.717, 1.165) is 39.0 Å². The van der Waals surface area contributed by atoms with Crippen LogP contribution in [0.4, 0.5) is 0 Å². The maximum absolute atomic E-state index is 4.18. The van der Waals surface area contributed by atoms with Crippen molar-refractivity contribution in [2.75, 3.05) is 26.2 Å². The Hall–Kier alpha value is -1.32. The number of hydrogen-bond donors (Lipinski definition) is 1. The topological polar surface area (TPSA) is 15.3 Å². The second-order valence-corrected chi connectivity index (χ2v) is 7.21. The maximum Gasteiger partial charge on any atom is 0.0386 e. The number of benzene rings is 2. The van der Waals surface area contributed by atoms with Crippen LogP contribution in [0.25, 0.3) is 11.1 Å². The number of piperazine rings is 1. The molecule has 0 spiro atoms. The minimum atomic E-state index is 0. The zero-order valence-electron chi connectivity index (χ0n) is 15.3. The van der Waals surface area contributed by atoms with Gasteiger partial charge in [-0.05, 0) is 47.6 Å². The first-order chi connectivity index (χ1) is 11.7. The van der Waals surface area contributed by atoms with Crippen LogP contribution >= 0.6 is 24.8 Å². The molecule has 0 unspecified atom stereocenters. The fourth-order valence-electron chi connectivity index (χ4n) is 4.15. The Bertz CT molecular complexity index is 766. The largest absolute Gasteiger partial charge is 0.314 e. The van der Waals surface area contributed by atoms with Crippen LogP contribution in [0.5, 0.6) is 0 Å². The summed E-state index contributed by atoms with van der Waals surface area (Å²) < 4.78 is 0. The van der Waals surface area contributed by atoms with Gasteiger partial charge in [0.1, 0.15) is 0 Å². The number of hydrogen-bond acceptors (Lipinski definition) is 2. The second-order valence-electron chi connectivity index (χ2n) is 7.21. The molecule has 1 aliphatic carbocycles. The summed E-state index contributed by atoms with van der Waals surface area (Å²) in [5.74, 6) is 0.